The molecule has 2 aromatic rings. The van der Waals surface area contributed by atoms with Crippen molar-refractivity contribution in [3.8, 4) is 11.4 Å². The van der Waals surface area contributed by atoms with Crippen molar-refractivity contribution in [2.24, 2.45) is 0 Å². The molecule has 1 aliphatic heterocycles. The summed E-state index contributed by atoms with van der Waals surface area (Å²) in [5, 5.41) is 3.42. The lowest BCUT2D eigenvalue weighted by Gasteiger charge is -2.24. The summed E-state index contributed by atoms with van der Waals surface area (Å²) < 4.78 is 5.44. The zero-order valence-electron chi connectivity index (χ0n) is 15.7. The molecule has 3 heterocycles. The molecule has 1 unspecified atom stereocenters. The van der Waals surface area contributed by atoms with E-state index in [1.54, 1.807) is 17.3 Å². The molecule has 3 rings (SSSR count). The molecule has 0 saturated carbocycles. The van der Waals surface area contributed by atoms with E-state index >= 15 is 0 Å². The van der Waals surface area contributed by atoms with Gasteiger partial charge in [0.2, 0.25) is 0 Å². The van der Waals surface area contributed by atoms with Crippen LogP contribution in [0.15, 0.2) is 30.6 Å². The van der Waals surface area contributed by atoms with Gasteiger partial charge >= 0.3 is 6.09 Å². The molecule has 1 saturated heterocycles. The lowest BCUT2D eigenvalue weighted by atomic mass is 10.2. The number of carbonyl (C=O) groups excluding carboxylic acids is 1. The summed E-state index contributed by atoms with van der Waals surface area (Å²) in [7, 11) is 0. The van der Waals surface area contributed by atoms with Gasteiger partial charge in [0.1, 0.15) is 11.4 Å². The summed E-state index contributed by atoms with van der Waals surface area (Å²) in [5.41, 5.74) is 1.33. The molecule has 0 aromatic carbocycles. The average Bonchev–Trinajstić information content (AvgIpc) is 3.02. The standard InChI is InChI=1S/C19H25N5O2/c1-13-11-16(23-17(21-13)14-5-8-20-9-6-14)22-15-7-10-24(12-15)18(25)26-19(2,3)4/h5-6,8-9,11,15H,7,10,12H2,1-4H3,(H,21,22,23). The lowest BCUT2D eigenvalue weighted by Crippen LogP contribution is -2.36. The largest absolute Gasteiger partial charge is 0.444 e. The topological polar surface area (TPSA) is 80.2 Å². The van der Waals surface area contributed by atoms with Crippen LogP contribution in [0.2, 0.25) is 0 Å². The molecule has 138 valence electrons. The summed E-state index contributed by atoms with van der Waals surface area (Å²) >= 11 is 0. The Bertz CT molecular complexity index is 773. The van der Waals surface area contributed by atoms with Crippen LogP contribution in [0.5, 0.6) is 0 Å². The monoisotopic (exact) mass is 355 g/mol. The Morgan fingerprint density at radius 1 is 1.27 bits per heavy atom. The van der Waals surface area contributed by atoms with Crippen molar-refractivity contribution in [2.45, 2.75) is 45.8 Å². The van der Waals surface area contributed by atoms with Gasteiger partial charge in [-0.15, -0.1) is 0 Å². The number of nitrogens with one attached hydrogen (secondary N) is 1. The first-order valence-electron chi connectivity index (χ1n) is 8.81. The number of likely N-dealkylation sites (tertiary alicyclic amines) is 1. The molecule has 1 N–H and O–H groups in total. The third-order valence-corrected chi connectivity index (χ3v) is 3.98. The molecule has 1 amide bonds. The van der Waals surface area contributed by atoms with Gasteiger partial charge in [-0.05, 0) is 46.2 Å². The number of rotatable bonds is 3. The number of pyridine rings is 1. The van der Waals surface area contributed by atoms with E-state index in [2.05, 4.69) is 20.3 Å². The van der Waals surface area contributed by atoms with Gasteiger partial charge in [-0.3, -0.25) is 4.98 Å². The number of carbonyl (C=O) groups is 1. The highest BCUT2D eigenvalue weighted by molar-refractivity contribution is 5.68. The molecule has 0 radical (unpaired) electrons. The third kappa shape index (κ3) is 4.68. The molecule has 26 heavy (non-hydrogen) atoms. The van der Waals surface area contributed by atoms with Crippen molar-refractivity contribution in [2.75, 3.05) is 18.4 Å². The Morgan fingerprint density at radius 3 is 2.69 bits per heavy atom. The minimum absolute atomic E-state index is 0.141. The van der Waals surface area contributed by atoms with E-state index in [1.807, 2.05) is 45.9 Å². The van der Waals surface area contributed by atoms with Crippen LogP contribution in [0.3, 0.4) is 0 Å². The van der Waals surface area contributed by atoms with Crippen LogP contribution in [-0.2, 0) is 4.74 Å². The number of aryl methyl sites for hydroxylation is 1. The second-order valence-electron chi connectivity index (χ2n) is 7.51. The Balaban J connectivity index is 1.67. The van der Waals surface area contributed by atoms with Crippen LogP contribution in [-0.4, -0.2) is 50.7 Å². The molecule has 7 nitrogen and oxygen atoms in total. The molecule has 0 aliphatic carbocycles. The molecule has 0 spiro atoms. The predicted molar refractivity (Wildman–Crippen MR) is 99.8 cm³/mol. The maximum absolute atomic E-state index is 12.2. The van der Waals surface area contributed by atoms with Gasteiger partial charge in [-0.1, -0.05) is 0 Å². The van der Waals surface area contributed by atoms with Crippen molar-refractivity contribution in [1.29, 1.82) is 0 Å². The zero-order chi connectivity index (χ0) is 18.7. The minimum Gasteiger partial charge on any atom is -0.444 e. The lowest BCUT2D eigenvalue weighted by molar-refractivity contribution is 0.0293. The van der Waals surface area contributed by atoms with E-state index in [-0.39, 0.29) is 12.1 Å². The van der Waals surface area contributed by atoms with Gasteiger partial charge in [0, 0.05) is 48.8 Å². The first kappa shape index (κ1) is 18.1. The quantitative estimate of drug-likeness (QED) is 0.910. The van der Waals surface area contributed by atoms with E-state index < -0.39 is 5.60 Å². The van der Waals surface area contributed by atoms with Crippen molar-refractivity contribution in [3.05, 3.63) is 36.3 Å². The summed E-state index contributed by atoms with van der Waals surface area (Å²) in [4.78, 5) is 27.1. The zero-order valence-corrected chi connectivity index (χ0v) is 15.7. The molecule has 7 heteroatoms. The second-order valence-corrected chi connectivity index (χ2v) is 7.51. The fourth-order valence-corrected chi connectivity index (χ4v) is 2.85. The van der Waals surface area contributed by atoms with Crippen LogP contribution >= 0.6 is 0 Å². The SMILES string of the molecule is Cc1cc(NC2CCN(C(=O)OC(C)(C)C)C2)nc(-c2ccncc2)n1. The third-order valence-electron chi connectivity index (χ3n) is 3.98. The smallest absolute Gasteiger partial charge is 0.410 e. The van der Waals surface area contributed by atoms with E-state index in [1.165, 1.54) is 0 Å². The molecule has 2 aromatic heterocycles. The van der Waals surface area contributed by atoms with E-state index in [4.69, 9.17) is 4.74 Å². The first-order valence-corrected chi connectivity index (χ1v) is 8.81. The summed E-state index contributed by atoms with van der Waals surface area (Å²) in [6.45, 7) is 8.85. The Hall–Kier alpha value is -2.70. The van der Waals surface area contributed by atoms with Crippen LogP contribution in [0, 0.1) is 6.92 Å². The van der Waals surface area contributed by atoms with Gasteiger partial charge < -0.3 is 15.0 Å². The molecule has 0 bridgehead atoms. The Morgan fingerprint density at radius 2 is 2.00 bits per heavy atom. The van der Waals surface area contributed by atoms with Crippen molar-refractivity contribution in [3.63, 3.8) is 0 Å². The Kier molecular flexibility index (Phi) is 5.06. The number of anilines is 1. The van der Waals surface area contributed by atoms with Crippen LogP contribution in [0.1, 0.15) is 32.9 Å². The highest BCUT2D eigenvalue weighted by Gasteiger charge is 2.30. The molecular weight excluding hydrogens is 330 g/mol. The first-order chi connectivity index (χ1) is 12.3. The molecule has 1 aliphatic rings. The van der Waals surface area contributed by atoms with Gasteiger partial charge in [-0.2, -0.15) is 0 Å². The van der Waals surface area contributed by atoms with Crippen LogP contribution < -0.4 is 5.32 Å². The average molecular weight is 355 g/mol. The normalized spacial score (nSPS) is 17.2. The number of amides is 1. The maximum atomic E-state index is 12.2. The Labute approximate surface area is 153 Å². The number of ether oxygens (including phenoxy) is 1. The van der Waals surface area contributed by atoms with Gasteiger partial charge in [0.05, 0.1) is 0 Å². The number of nitrogens with zero attached hydrogens (tertiary/aromatic N) is 4. The highest BCUT2D eigenvalue weighted by Crippen LogP contribution is 2.21. The number of hydrogen-bond donors (Lipinski definition) is 1. The van der Waals surface area contributed by atoms with Crippen molar-refractivity contribution in [1.82, 2.24) is 19.9 Å². The predicted octanol–water partition coefficient (Wildman–Crippen LogP) is 3.27. The van der Waals surface area contributed by atoms with E-state index in [9.17, 15) is 4.79 Å². The minimum atomic E-state index is -0.480. The van der Waals surface area contributed by atoms with Crippen molar-refractivity contribution < 1.29 is 9.53 Å². The molecule has 1 atom stereocenters. The number of hydrogen-bond acceptors (Lipinski definition) is 6. The maximum Gasteiger partial charge on any atom is 0.410 e. The van der Waals surface area contributed by atoms with E-state index in [0.29, 0.717) is 18.9 Å². The second kappa shape index (κ2) is 7.27. The summed E-state index contributed by atoms with van der Waals surface area (Å²) in [6.07, 6.45) is 4.04. The highest BCUT2D eigenvalue weighted by atomic mass is 16.6. The van der Waals surface area contributed by atoms with Crippen LogP contribution in [0.25, 0.3) is 11.4 Å². The van der Waals surface area contributed by atoms with Crippen molar-refractivity contribution >= 4 is 11.9 Å². The summed E-state index contributed by atoms with van der Waals surface area (Å²) in [5.74, 6) is 1.43. The summed E-state index contributed by atoms with van der Waals surface area (Å²) in [6, 6.07) is 5.83. The fraction of sp³-hybridized carbons (Fsp3) is 0.474. The van der Waals surface area contributed by atoms with Gasteiger partial charge in [0.15, 0.2) is 5.82 Å². The molecule has 1 fully saturated rings. The fourth-order valence-electron chi connectivity index (χ4n) is 2.85. The number of aromatic nitrogens is 3. The van der Waals surface area contributed by atoms with Gasteiger partial charge in [0.25, 0.3) is 0 Å². The van der Waals surface area contributed by atoms with E-state index in [0.717, 1.165) is 23.5 Å². The van der Waals surface area contributed by atoms with Crippen LogP contribution in [0.4, 0.5) is 10.6 Å². The van der Waals surface area contributed by atoms with Gasteiger partial charge in [-0.25, -0.2) is 14.8 Å². The molecular formula is C19H25N5O2.